The van der Waals surface area contributed by atoms with Gasteiger partial charge in [0.2, 0.25) is 5.95 Å². The second kappa shape index (κ2) is 5.34. The van der Waals surface area contributed by atoms with Crippen LogP contribution >= 0.6 is 25.3 Å². The van der Waals surface area contributed by atoms with Crippen molar-refractivity contribution in [2.45, 2.75) is 12.8 Å². The zero-order chi connectivity index (χ0) is 9.68. The van der Waals surface area contributed by atoms with E-state index in [1.54, 1.807) is 0 Å². The molecule has 1 rings (SSSR count). The Morgan fingerprint density at radius 1 is 1.08 bits per heavy atom. The van der Waals surface area contributed by atoms with Crippen LogP contribution in [0.25, 0.3) is 0 Å². The number of aromatic nitrogens is 2. The van der Waals surface area contributed by atoms with Gasteiger partial charge in [-0.15, -0.1) is 0 Å². The summed E-state index contributed by atoms with van der Waals surface area (Å²) in [4.78, 5) is 8.20. The highest BCUT2D eigenvalue weighted by Gasteiger charge is 2.00. The molecule has 0 aliphatic rings. The summed E-state index contributed by atoms with van der Waals surface area (Å²) in [5.41, 5.74) is 7.46. The van der Waals surface area contributed by atoms with Crippen molar-refractivity contribution in [3.63, 3.8) is 0 Å². The van der Waals surface area contributed by atoms with Crippen LogP contribution in [-0.2, 0) is 12.8 Å². The van der Waals surface area contributed by atoms with E-state index in [2.05, 4.69) is 35.2 Å². The van der Waals surface area contributed by atoms with E-state index in [1.165, 1.54) is 0 Å². The zero-order valence-electron chi connectivity index (χ0n) is 7.27. The molecule has 1 aromatic rings. The Bertz CT molecular complexity index is 254. The lowest BCUT2D eigenvalue weighted by atomic mass is 10.2. The van der Waals surface area contributed by atoms with E-state index in [4.69, 9.17) is 5.73 Å². The van der Waals surface area contributed by atoms with Gasteiger partial charge in [0.15, 0.2) is 0 Å². The molecule has 0 spiro atoms. The van der Waals surface area contributed by atoms with Gasteiger partial charge in [0.05, 0.1) is 0 Å². The van der Waals surface area contributed by atoms with Crippen LogP contribution in [0, 0.1) is 0 Å². The molecule has 0 aliphatic heterocycles. The van der Waals surface area contributed by atoms with Crippen LogP contribution in [0.4, 0.5) is 5.95 Å². The first-order chi connectivity index (χ1) is 6.26. The Morgan fingerprint density at radius 2 is 1.54 bits per heavy atom. The Balaban J connectivity index is 2.83. The maximum atomic E-state index is 5.55. The minimum atomic E-state index is 0.344. The van der Waals surface area contributed by atoms with E-state index in [1.807, 2.05) is 6.07 Å². The van der Waals surface area contributed by atoms with Crippen LogP contribution < -0.4 is 5.73 Å². The van der Waals surface area contributed by atoms with Crippen LogP contribution in [-0.4, -0.2) is 21.5 Å². The molecule has 3 nitrogen and oxygen atoms in total. The van der Waals surface area contributed by atoms with E-state index < -0.39 is 0 Å². The van der Waals surface area contributed by atoms with Crippen LogP contribution in [0.1, 0.15) is 11.4 Å². The maximum absolute atomic E-state index is 5.55. The summed E-state index contributed by atoms with van der Waals surface area (Å²) < 4.78 is 0. The average molecular weight is 215 g/mol. The molecule has 0 bridgehead atoms. The predicted molar refractivity (Wildman–Crippen MR) is 61.6 cm³/mol. The summed E-state index contributed by atoms with van der Waals surface area (Å²) in [6, 6.07) is 1.96. The molecule has 0 amide bonds. The number of anilines is 1. The highest BCUT2D eigenvalue weighted by Crippen LogP contribution is 2.05. The molecule has 0 aliphatic carbocycles. The first-order valence-electron chi connectivity index (χ1n) is 4.10. The number of nitrogens with zero attached hydrogens (tertiary/aromatic N) is 2. The lowest BCUT2D eigenvalue weighted by Gasteiger charge is -2.03. The molecule has 0 unspecified atom stereocenters. The van der Waals surface area contributed by atoms with Gasteiger partial charge < -0.3 is 5.73 Å². The molecule has 0 atom stereocenters. The fraction of sp³-hybridized carbons (Fsp3) is 0.500. The highest BCUT2D eigenvalue weighted by molar-refractivity contribution is 7.80. The van der Waals surface area contributed by atoms with Gasteiger partial charge in [-0.3, -0.25) is 0 Å². The summed E-state index contributed by atoms with van der Waals surface area (Å²) in [6.07, 6.45) is 1.66. The largest absolute Gasteiger partial charge is 0.368 e. The monoisotopic (exact) mass is 215 g/mol. The minimum Gasteiger partial charge on any atom is -0.368 e. The third kappa shape index (κ3) is 3.44. The normalized spacial score (nSPS) is 10.3. The second-order valence-corrected chi connectivity index (χ2v) is 3.55. The molecule has 5 heteroatoms. The number of hydrogen-bond donors (Lipinski definition) is 3. The minimum absolute atomic E-state index is 0.344. The Kier molecular flexibility index (Phi) is 4.38. The smallest absolute Gasteiger partial charge is 0.220 e. The first kappa shape index (κ1) is 10.7. The molecule has 1 heterocycles. The van der Waals surface area contributed by atoms with Crippen LogP contribution in [0.3, 0.4) is 0 Å². The van der Waals surface area contributed by atoms with E-state index in [0.717, 1.165) is 35.7 Å². The third-order valence-corrected chi connectivity index (χ3v) is 2.03. The van der Waals surface area contributed by atoms with Crippen molar-refractivity contribution in [1.29, 1.82) is 0 Å². The van der Waals surface area contributed by atoms with Gasteiger partial charge in [-0.1, -0.05) is 0 Å². The maximum Gasteiger partial charge on any atom is 0.220 e. The summed E-state index contributed by atoms with van der Waals surface area (Å²) in [6.45, 7) is 0. The van der Waals surface area contributed by atoms with Crippen LogP contribution in [0.5, 0.6) is 0 Å². The zero-order valence-corrected chi connectivity index (χ0v) is 9.06. The van der Waals surface area contributed by atoms with Crippen molar-refractivity contribution < 1.29 is 0 Å². The number of thiol groups is 2. The van der Waals surface area contributed by atoms with Crippen molar-refractivity contribution in [3.05, 3.63) is 17.5 Å². The Hall–Kier alpha value is -0.420. The standard InChI is InChI=1S/C8H13N3S2/c9-8-10-6(1-3-12)5-7(11-8)2-4-13/h5,12-13H,1-4H2,(H2,9,10,11). The molecule has 13 heavy (non-hydrogen) atoms. The van der Waals surface area contributed by atoms with Gasteiger partial charge in [0.25, 0.3) is 0 Å². The van der Waals surface area contributed by atoms with Gasteiger partial charge in [0.1, 0.15) is 0 Å². The van der Waals surface area contributed by atoms with Crippen molar-refractivity contribution in [3.8, 4) is 0 Å². The Morgan fingerprint density at radius 3 is 1.92 bits per heavy atom. The number of hydrogen-bond acceptors (Lipinski definition) is 5. The fourth-order valence-corrected chi connectivity index (χ4v) is 1.52. The number of rotatable bonds is 4. The summed E-state index contributed by atoms with van der Waals surface area (Å²) in [5.74, 6) is 1.89. The number of aryl methyl sites for hydroxylation is 2. The third-order valence-electron chi connectivity index (χ3n) is 1.59. The van der Waals surface area contributed by atoms with Gasteiger partial charge in [-0.25, -0.2) is 9.97 Å². The van der Waals surface area contributed by atoms with Gasteiger partial charge in [0, 0.05) is 11.4 Å². The fourth-order valence-electron chi connectivity index (χ4n) is 1.06. The molecular weight excluding hydrogens is 202 g/mol. The molecule has 0 aromatic carbocycles. The topological polar surface area (TPSA) is 51.8 Å². The molecule has 0 saturated carbocycles. The second-order valence-electron chi connectivity index (χ2n) is 2.66. The molecule has 1 aromatic heterocycles. The van der Waals surface area contributed by atoms with Crippen molar-refractivity contribution >= 4 is 31.2 Å². The molecule has 72 valence electrons. The van der Waals surface area contributed by atoms with E-state index in [-0.39, 0.29) is 0 Å². The molecule has 0 radical (unpaired) electrons. The highest BCUT2D eigenvalue weighted by atomic mass is 32.1. The van der Waals surface area contributed by atoms with Gasteiger partial charge >= 0.3 is 0 Å². The molecule has 2 N–H and O–H groups in total. The lowest BCUT2D eigenvalue weighted by Crippen LogP contribution is -2.04. The Labute approximate surface area is 89.0 Å². The summed E-state index contributed by atoms with van der Waals surface area (Å²) in [5, 5.41) is 0. The van der Waals surface area contributed by atoms with Gasteiger partial charge in [-0.05, 0) is 30.4 Å². The quantitative estimate of drug-likeness (QED) is 0.657. The van der Waals surface area contributed by atoms with Crippen molar-refractivity contribution in [2.75, 3.05) is 17.2 Å². The predicted octanol–water partition coefficient (Wildman–Crippen LogP) is 1.00. The van der Waals surface area contributed by atoms with E-state index in [9.17, 15) is 0 Å². The van der Waals surface area contributed by atoms with Crippen LogP contribution in [0.15, 0.2) is 6.07 Å². The molecule has 0 saturated heterocycles. The molecule has 0 fully saturated rings. The SMILES string of the molecule is Nc1nc(CCS)cc(CCS)n1. The first-order valence-corrected chi connectivity index (χ1v) is 5.36. The van der Waals surface area contributed by atoms with E-state index >= 15 is 0 Å². The van der Waals surface area contributed by atoms with Crippen molar-refractivity contribution in [2.24, 2.45) is 0 Å². The van der Waals surface area contributed by atoms with Crippen molar-refractivity contribution in [1.82, 2.24) is 9.97 Å². The molecular formula is C8H13N3S2. The van der Waals surface area contributed by atoms with Gasteiger partial charge in [-0.2, -0.15) is 25.3 Å². The number of nitrogens with two attached hydrogens (primary N) is 1. The lowest BCUT2D eigenvalue weighted by molar-refractivity contribution is 0.957. The summed E-state index contributed by atoms with van der Waals surface area (Å²) in [7, 11) is 0. The summed E-state index contributed by atoms with van der Waals surface area (Å²) >= 11 is 8.27. The average Bonchev–Trinajstić information content (AvgIpc) is 2.04. The van der Waals surface area contributed by atoms with Crippen LogP contribution in [0.2, 0.25) is 0 Å². The van der Waals surface area contributed by atoms with E-state index in [0.29, 0.717) is 5.95 Å². The number of nitrogen functional groups attached to an aromatic ring is 1.